The lowest BCUT2D eigenvalue weighted by Crippen LogP contribution is -2.37. The Labute approximate surface area is 113 Å². The van der Waals surface area contributed by atoms with E-state index in [0.29, 0.717) is 19.0 Å². The van der Waals surface area contributed by atoms with Crippen LogP contribution < -0.4 is 15.8 Å². The van der Waals surface area contributed by atoms with Crippen molar-refractivity contribution < 1.29 is 22.7 Å². The molecule has 1 fully saturated rings. The van der Waals surface area contributed by atoms with E-state index in [-0.39, 0.29) is 17.5 Å². The minimum Gasteiger partial charge on any atom is -0.472 e. The summed E-state index contributed by atoms with van der Waals surface area (Å²) in [5.74, 6) is -1.23. The number of primary amides is 1. The predicted molar refractivity (Wildman–Crippen MR) is 64.3 cm³/mol. The second-order valence-electron chi connectivity index (χ2n) is 4.50. The van der Waals surface area contributed by atoms with Crippen molar-refractivity contribution in [1.29, 1.82) is 0 Å². The lowest BCUT2D eigenvalue weighted by Gasteiger charge is -2.24. The molecule has 20 heavy (non-hydrogen) atoms. The summed E-state index contributed by atoms with van der Waals surface area (Å²) in [6.07, 6.45) is -3.39. The van der Waals surface area contributed by atoms with E-state index in [1.165, 1.54) is 0 Å². The zero-order chi connectivity index (χ0) is 14.8. The number of carbonyl (C=O) groups excluding carboxylic acids is 1. The van der Waals surface area contributed by atoms with Gasteiger partial charge in [-0.05, 0) is 31.5 Å². The molecule has 0 radical (unpaired) electrons. The molecule has 1 saturated heterocycles. The molecule has 1 aliphatic heterocycles. The number of amides is 1. The smallest absolute Gasteiger partial charge is 0.433 e. The lowest BCUT2D eigenvalue weighted by atomic mass is 10.1. The van der Waals surface area contributed by atoms with Crippen LogP contribution >= 0.6 is 0 Å². The maximum absolute atomic E-state index is 12.6. The molecule has 0 bridgehead atoms. The highest BCUT2D eigenvalue weighted by Gasteiger charge is 2.34. The van der Waals surface area contributed by atoms with Gasteiger partial charge in [0.1, 0.15) is 17.4 Å². The van der Waals surface area contributed by atoms with Crippen molar-refractivity contribution in [2.45, 2.75) is 25.1 Å². The van der Waals surface area contributed by atoms with Gasteiger partial charge < -0.3 is 15.8 Å². The number of rotatable bonds is 3. The van der Waals surface area contributed by atoms with Gasteiger partial charge >= 0.3 is 6.18 Å². The average molecular weight is 289 g/mol. The van der Waals surface area contributed by atoms with Gasteiger partial charge in [0.25, 0.3) is 5.91 Å². The van der Waals surface area contributed by atoms with Crippen molar-refractivity contribution in [3.8, 4) is 5.88 Å². The molecule has 5 nitrogen and oxygen atoms in total. The highest BCUT2D eigenvalue weighted by atomic mass is 19.4. The first kappa shape index (κ1) is 14.6. The van der Waals surface area contributed by atoms with Crippen LogP contribution in [0.3, 0.4) is 0 Å². The van der Waals surface area contributed by atoms with Crippen molar-refractivity contribution in [3.63, 3.8) is 0 Å². The van der Waals surface area contributed by atoms with E-state index in [2.05, 4.69) is 10.3 Å². The zero-order valence-electron chi connectivity index (χ0n) is 10.5. The summed E-state index contributed by atoms with van der Waals surface area (Å²) in [6, 6.07) is 1.70. The van der Waals surface area contributed by atoms with Gasteiger partial charge in [-0.2, -0.15) is 13.2 Å². The summed E-state index contributed by atoms with van der Waals surface area (Å²) >= 11 is 0. The summed E-state index contributed by atoms with van der Waals surface area (Å²) in [7, 11) is 0. The van der Waals surface area contributed by atoms with E-state index in [9.17, 15) is 18.0 Å². The molecular weight excluding hydrogens is 275 g/mol. The minimum absolute atomic E-state index is 0.149. The van der Waals surface area contributed by atoms with Gasteiger partial charge in [-0.15, -0.1) is 0 Å². The van der Waals surface area contributed by atoms with E-state index in [4.69, 9.17) is 10.5 Å². The molecule has 0 unspecified atom stereocenters. The quantitative estimate of drug-likeness (QED) is 0.880. The number of piperidine rings is 1. The first-order valence-electron chi connectivity index (χ1n) is 6.13. The number of hydrogen-bond acceptors (Lipinski definition) is 4. The SMILES string of the molecule is NC(=O)c1ccc(C(F)(F)F)nc1O[C@H]1CCCNC1. The summed E-state index contributed by atoms with van der Waals surface area (Å²) < 4.78 is 43.3. The molecule has 1 aromatic rings. The molecular formula is C12H14F3N3O2. The van der Waals surface area contributed by atoms with E-state index < -0.39 is 17.8 Å². The summed E-state index contributed by atoms with van der Waals surface area (Å²) in [5, 5.41) is 3.06. The summed E-state index contributed by atoms with van der Waals surface area (Å²) in [4.78, 5) is 14.6. The Morgan fingerprint density at radius 1 is 1.45 bits per heavy atom. The lowest BCUT2D eigenvalue weighted by molar-refractivity contribution is -0.141. The Morgan fingerprint density at radius 2 is 2.20 bits per heavy atom. The standard InChI is InChI=1S/C12H14F3N3O2/c13-12(14,15)9-4-3-8(10(16)19)11(18-9)20-7-2-1-5-17-6-7/h3-4,7,17H,1-2,5-6H2,(H2,16,19)/t7-/m0/s1. The van der Waals surface area contributed by atoms with Gasteiger partial charge in [0.05, 0.1) is 0 Å². The first-order chi connectivity index (χ1) is 9.38. The molecule has 0 aromatic carbocycles. The molecule has 1 aliphatic rings. The number of hydrogen-bond donors (Lipinski definition) is 2. The first-order valence-corrected chi connectivity index (χ1v) is 6.13. The maximum Gasteiger partial charge on any atom is 0.433 e. The maximum atomic E-state index is 12.6. The Bertz CT molecular complexity index is 499. The molecule has 1 atom stereocenters. The number of pyridine rings is 1. The Morgan fingerprint density at radius 3 is 2.75 bits per heavy atom. The predicted octanol–water partition coefficient (Wildman–Crippen LogP) is 1.33. The molecule has 0 saturated carbocycles. The minimum atomic E-state index is -4.60. The highest BCUT2D eigenvalue weighted by Crippen LogP contribution is 2.30. The van der Waals surface area contributed by atoms with Crippen LogP contribution in [0.2, 0.25) is 0 Å². The topological polar surface area (TPSA) is 77.2 Å². The number of ether oxygens (including phenoxy) is 1. The molecule has 2 heterocycles. The third kappa shape index (κ3) is 3.38. The number of nitrogens with one attached hydrogen (secondary N) is 1. The molecule has 3 N–H and O–H groups in total. The Kier molecular flexibility index (Phi) is 4.12. The van der Waals surface area contributed by atoms with Crippen molar-refractivity contribution in [2.24, 2.45) is 5.73 Å². The molecule has 0 aliphatic carbocycles. The van der Waals surface area contributed by atoms with Crippen LogP contribution in [0.1, 0.15) is 28.9 Å². The van der Waals surface area contributed by atoms with Gasteiger partial charge in [0.2, 0.25) is 5.88 Å². The van der Waals surface area contributed by atoms with E-state index in [1.54, 1.807) is 0 Å². The van der Waals surface area contributed by atoms with Crippen LogP contribution in [0, 0.1) is 0 Å². The van der Waals surface area contributed by atoms with Crippen LogP contribution in [0.5, 0.6) is 5.88 Å². The van der Waals surface area contributed by atoms with Gasteiger partial charge in [-0.25, -0.2) is 4.98 Å². The second kappa shape index (κ2) is 5.66. The third-order valence-electron chi connectivity index (χ3n) is 2.95. The number of halogens is 3. The summed E-state index contributed by atoms with van der Waals surface area (Å²) in [5.41, 5.74) is 3.86. The van der Waals surface area contributed by atoms with Crippen molar-refractivity contribution >= 4 is 5.91 Å². The van der Waals surface area contributed by atoms with Crippen LogP contribution in [-0.4, -0.2) is 30.1 Å². The van der Waals surface area contributed by atoms with E-state index in [0.717, 1.165) is 19.0 Å². The van der Waals surface area contributed by atoms with E-state index in [1.807, 2.05) is 0 Å². The number of nitrogens with two attached hydrogens (primary N) is 1. The van der Waals surface area contributed by atoms with Crippen LogP contribution in [0.4, 0.5) is 13.2 Å². The van der Waals surface area contributed by atoms with Crippen LogP contribution in [0.25, 0.3) is 0 Å². The Balaban J connectivity index is 2.29. The molecule has 110 valence electrons. The molecule has 1 amide bonds. The fraction of sp³-hybridized carbons (Fsp3) is 0.500. The van der Waals surface area contributed by atoms with Gasteiger partial charge in [-0.3, -0.25) is 4.79 Å². The van der Waals surface area contributed by atoms with Gasteiger partial charge in [0, 0.05) is 6.54 Å². The fourth-order valence-electron chi connectivity index (χ4n) is 1.95. The highest BCUT2D eigenvalue weighted by molar-refractivity contribution is 5.95. The molecule has 2 rings (SSSR count). The molecule has 1 aromatic heterocycles. The molecule has 0 spiro atoms. The number of alkyl halides is 3. The van der Waals surface area contributed by atoms with Gasteiger partial charge in [0.15, 0.2) is 0 Å². The number of aromatic nitrogens is 1. The van der Waals surface area contributed by atoms with Crippen LogP contribution in [0.15, 0.2) is 12.1 Å². The molecule has 8 heteroatoms. The normalized spacial score (nSPS) is 19.6. The summed E-state index contributed by atoms with van der Waals surface area (Å²) in [6.45, 7) is 1.33. The number of nitrogens with zero attached hydrogens (tertiary/aromatic N) is 1. The zero-order valence-corrected chi connectivity index (χ0v) is 10.5. The van der Waals surface area contributed by atoms with Crippen LogP contribution in [-0.2, 0) is 6.18 Å². The second-order valence-corrected chi connectivity index (χ2v) is 4.50. The van der Waals surface area contributed by atoms with Gasteiger partial charge in [-0.1, -0.05) is 0 Å². The van der Waals surface area contributed by atoms with Crippen molar-refractivity contribution in [2.75, 3.05) is 13.1 Å². The number of carbonyl (C=O) groups is 1. The van der Waals surface area contributed by atoms with E-state index >= 15 is 0 Å². The van der Waals surface area contributed by atoms with Crippen molar-refractivity contribution in [3.05, 3.63) is 23.4 Å². The third-order valence-corrected chi connectivity index (χ3v) is 2.95. The average Bonchev–Trinajstić information content (AvgIpc) is 2.38. The Hall–Kier alpha value is -1.83. The largest absolute Gasteiger partial charge is 0.472 e. The monoisotopic (exact) mass is 289 g/mol. The fourth-order valence-corrected chi connectivity index (χ4v) is 1.95. The van der Waals surface area contributed by atoms with Crippen molar-refractivity contribution in [1.82, 2.24) is 10.3 Å².